The Morgan fingerprint density at radius 1 is 0.875 bits per heavy atom. The fourth-order valence-corrected chi connectivity index (χ4v) is 3.28. The molecule has 0 saturated carbocycles. The summed E-state index contributed by atoms with van der Waals surface area (Å²) in [5.74, 6) is 2.09. The Morgan fingerprint density at radius 3 is 2.21 bits per heavy atom. The smallest absolute Gasteiger partial charge is 0.227 e. The number of nitrogen functional groups attached to an aromatic ring is 2. The van der Waals surface area contributed by atoms with Gasteiger partial charge in [0.2, 0.25) is 11.9 Å². The summed E-state index contributed by atoms with van der Waals surface area (Å²) in [5.41, 5.74) is 12.9. The Hall–Kier alpha value is -2.64. The van der Waals surface area contributed by atoms with Gasteiger partial charge in [-0.3, -0.25) is 0 Å². The Labute approximate surface area is 140 Å². The second kappa shape index (κ2) is 6.10. The molecule has 2 fully saturated rings. The van der Waals surface area contributed by atoms with Crippen LogP contribution in [0.5, 0.6) is 0 Å². The molecule has 4 rings (SSSR count). The van der Waals surface area contributed by atoms with Gasteiger partial charge >= 0.3 is 0 Å². The summed E-state index contributed by atoms with van der Waals surface area (Å²) in [6, 6.07) is 1.95. The van der Waals surface area contributed by atoms with E-state index in [-0.39, 0.29) is 5.95 Å². The maximum absolute atomic E-state index is 6.01. The maximum Gasteiger partial charge on any atom is 0.227 e. The van der Waals surface area contributed by atoms with Crippen LogP contribution in [0.3, 0.4) is 0 Å². The van der Waals surface area contributed by atoms with E-state index in [2.05, 4.69) is 26.0 Å². The molecule has 4 N–H and O–H groups in total. The first-order valence-electron chi connectivity index (χ1n) is 8.41. The first-order valence-corrected chi connectivity index (χ1v) is 8.41. The molecule has 4 heterocycles. The molecule has 24 heavy (non-hydrogen) atoms. The molecular weight excluding hydrogens is 304 g/mol. The Morgan fingerprint density at radius 2 is 1.54 bits per heavy atom. The van der Waals surface area contributed by atoms with Crippen LogP contribution >= 0.6 is 0 Å². The molecule has 8 heteroatoms. The zero-order chi connectivity index (χ0) is 16.5. The van der Waals surface area contributed by atoms with Crippen LogP contribution < -0.4 is 21.3 Å². The van der Waals surface area contributed by atoms with E-state index < -0.39 is 0 Å². The highest BCUT2D eigenvalue weighted by molar-refractivity contribution is 5.73. The predicted molar refractivity (Wildman–Crippen MR) is 93.6 cm³/mol. The van der Waals surface area contributed by atoms with Crippen molar-refractivity contribution < 1.29 is 0 Å². The normalized spacial score (nSPS) is 17.7. The highest BCUT2D eigenvalue weighted by Gasteiger charge is 2.21. The summed E-state index contributed by atoms with van der Waals surface area (Å²) in [4.78, 5) is 22.0. The average Bonchev–Trinajstić information content (AvgIpc) is 3.28. The third kappa shape index (κ3) is 2.79. The molecule has 2 aliphatic heterocycles. The van der Waals surface area contributed by atoms with Crippen LogP contribution in [-0.4, -0.2) is 46.1 Å². The summed E-state index contributed by atoms with van der Waals surface area (Å²) < 4.78 is 0. The molecule has 2 aromatic rings. The van der Waals surface area contributed by atoms with Gasteiger partial charge in [-0.15, -0.1) is 0 Å². The molecule has 0 unspecified atom stereocenters. The standard InChI is InChI=1S/C16H21N8/c17-14-11(10-19-15(18)22-14)12-9-13(23-5-1-2-6-23)21-16(20-12)24-7-3-4-8-24/h9H,1-8H2,(H4,17,18,19,22). The number of aromatic nitrogens is 4. The van der Waals surface area contributed by atoms with E-state index in [0.29, 0.717) is 17.1 Å². The zero-order valence-electron chi connectivity index (χ0n) is 13.6. The first kappa shape index (κ1) is 14.9. The predicted octanol–water partition coefficient (Wildman–Crippen LogP) is 1.10. The van der Waals surface area contributed by atoms with Gasteiger partial charge < -0.3 is 21.3 Å². The van der Waals surface area contributed by atoms with Crippen molar-refractivity contribution in [1.82, 2.24) is 19.9 Å². The van der Waals surface area contributed by atoms with E-state index in [1.165, 1.54) is 25.7 Å². The quantitative estimate of drug-likeness (QED) is 0.863. The minimum absolute atomic E-state index is 0.116. The Balaban J connectivity index is 1.79. The summed E-state index contributed by atoms with van der Waals surface area (Å²) in [7, 11) is 0. The Bertz CT molecular complexity index is 701. The molecule has 125 valence electrons. The number of nitrogens with zero attached hydrogens (tertiary/aromatic N) is 6. The number of rotatable bonds is 3. The van der Waals surface area contributed by atoms with Crippen molar-refractivity contribution in [1.29, 1.82) is 0 Å². The van der Waals surface area contributed by atoms with E-state index in [1.807, 2.05) is 6.07 Å². The van der Waals surface area contributed by atoms with Gasteiger partial charge in [-0.2, -0.15) is 9.97 Å². The molecule has 0 spiro atoms. The van der Waals surface area contributed by atoms with Crippen molar-refractivity contribution in [2.45, 2.75) is 25.7 Å². The second-order valence-corrected chi connectivity index (χ2v) is 6.25. The first-order chi connectivity index (χ1) is 11.7. The van der Waals surface area contributed by atoms with Gasteiger partial charge in [-0.05, 0) is 25.7 Å². The third-order valence-corrected chi connectivity index (χ3v) is 4.55. The van der Waals surface area contributed by atoms with E-state index in [1.54, 1.807) is 0 Å². The second-order valence-electron chi connectivity index (χ2n) is 6.25. The van der Waals surface area contributed by atoms with Crippen molar-refractivity contribution in [3.05, 3.63) is 12.3 Å². The van der Waals surface area contributed by atoms with Gasteiger partial charge in [-0.25, -0.2) is 9.97 Å². The zero-order valence-corrected chi connectivity index (χ0v) is 13.6. The number of hydrogen-bond acceptors (Lipinski definition) is 8. The maximum atomic E-state index is 6.01. The van der Waals surface area contributed by atoms with Gasteiger partial charge in [0.15, 0.2) is 0 Å². The lowest BCUT2D eigenvalue weighted by atomic mass is 10.2. The molecule has 0 atom stereocenters. The van der Waals surface area contributed by atoms with Gasteiger partial charge in [0.1, 0.15) is 17.8 Å². The lowest BCUT2D eigenvalue weighted by Gasteiger charge is -2.21. The van der Waals surface area contributed by atoms with Crippen LogP contribution in [0.2, 0.25) is 0 Å². The minimum atomic E-state index is 0.116. The number of nitrogens with two attached hydrogens (primary N) is 2. The molecular formula is C16H21N8. The van der Waals surface area contributed by atoms with Gasteiger partial charge in [-0.1, -0.05) is 0 Å². The van der Waals surface area contributed by atoms with Crippen LogP contribution in [-0.2, 0) is 0 Å². The largest absolute Gasteiger partial charge is 0.383 e. The van der Waals surface area contributed by atoms with Crippen molar-refractivity contribution in [2.24, 2.45) is 0 Å². The number of anilines is 4. The van der Waals surface area contributed by atoms with Crippen LogP contribution in [0.4, 0.5) is 23.5 Å². The van der Waals surface area contributed by atoms with Crippen molar-refractivity contribution in [2.75, 3.05) is 47.4 Å². The fraction of sp³-hybridized carbons (Fsp3) is 0.500. The van der Waals surface area contributed by atoms with E-state index in [0.717, 1.165) is 37.9 Å². The van der Waals surface area contributed by atoms with Crippen LogP contribution in [0.25, 0.3) is 11.3 Å². The Kier molecular flexibility index (Phi) is 3.79. The highest BCUT2D eigenvalue weighted by Crippen LogP contribution is 2.29. The molecule has 0 bridgehead atoms. The molecule has 0 aliphatic carbocycles. The third-order valence-electron chi connectivity index (χ3n) is 4.55. The minimum Gasteiger partial charge on any atom is -0.383 e. The van der Waals surface area contributed by atoms with E-state index in [9.17, 15) is 0 Å². The van der Waals surface area contributed by atoms with Gasteiger partial charge in [0, 0.05) is 32.2 Å². The van der Waals surface area contributed by atoms with Gasteiger partial charge in [0.05, 0.1) is 11.3 Å². The number of hydrogen-bond donors (Lipinski definition) is 2. The van der Waals surface area contributed by atoms with Gasteiger partial charge in [0.25, 0.3) is 0 Å². The van der Waals surface area contributed by atoms with E-state index >= 15 is 0 Å². The lowest BCUT2D eigenvalue weighted by Crippen LogP contribution is -2.24. The molecule has 1 radical (unpaired) electrons. The molecule has 0 amide bonds. The van der Waals surface area contributed by atoms with Crippen LogP contribution in [0.1, 0.15) is 25.7 Å². The molecule has 2 aliphatic rings. The average molecular weight is 325 g/mol. The topological polar surface area (TPSA) is 110 Å². The van der Waals surface area contributed by atoms with Crippen LogP contribution in [0, 0.1) is 6.20 Å². The molecule has 2 aromatic heterocycles. The SMILES string of the molecule is Nc1n[c]c(-c2cc(N3CCCC3)nc(N3CCCC3)n2)c(N)n1. The fourth-order valence-electron chi connectivity index (χ4n) is 3.28. The summed E-state index contributed by atoms with van der Waals surface area (Å²) in [6.45, 7) is 4.02. The summed E-state index contributed by atoms with van der Waals surface area (Å²) in [5, 5.41) is 0. The highest BCUT2D eigenvalue weighted by atomic mass is 15.3. The summed E-state index contributed by atoms with van der Waals surface area (Å²) >= 11 is 0. The molecule has 8 nitrogen and oxygen atoms in total. The lowest BCUT2D eigenvalue weighted by molar-refractivity contribution is 0.872. The van der Waals surface area contributed by atoms with Crippen molar-refractivity contribution in [3.8, 4) is 11.3 Å². The summed E-state index contributed by atoms with van der Waals surface area (Å²) in [6.07, 6.45) is 7.60. The van der Waals surface area contributed by atoms with Crippen molar-refractivity contribution >= 4 is 23.5 Å². The van der Waals surface area contributed by atoms with Crippen LogP contribution in [0.15, 0.2) is 6.07 Å². The van der Waals surface area contributed by atoms with Crippen molar-refractivity contribution in [3.63, 3.8) is 0 Å². The van der Waals surface area contributed by atoms with E-state index in [4.69, 9.17) is 21.4 Å². The molecule has 0 aromatic carbocycles. The monoisotopic (exact) mass is 325 g/mol. The molecule has 2 saturated heterocycles.